The number of aryl methyl sites for hydroxylation is 2. The molecule has 0 N–H and O–H groups in total. The van der Waals surface area contributed by atoms with Crippen LogP contribution < -0.4 is 14.9 Å². The second-order valence-corrected chi connectivity index (χ2v) is 9.19. The molecule has 38 heavy (non-hydrogen) atoms. The number of benzene rings is 3. The van der Waals surface area contributed by atoms with Crippen LogP contribution in [0.2, 0.25) is 0 Å². The second kappa shape index (κ2) is 10.6. The van der Waals surface area contributed by atoms with Crippen LogP contribution in [-0.2, 0) is 11.0 Å². The summed E-state index contributed by atoms with van der Waals surface area (Å²) in [6, 6.07) is 16.2. The fourth-order valence-corrected chi connectivity index (χ4v) is 3.73. The third-order valence-electron chi connectivity index (χ3n) is 5.87. The third kappa shape index (κ3) is 5.96. The highest BCUT2D eigenvalue weighted by Gasteiger charge is 2.40. The van der Waals surface area contributed by atoms with Crippen LogP contribution in [0.25, 0.3) is 17.0 Å². The molecule has 0 aliphatic carbocycles. The van der Waals surface area contributed by atoms with Crippen molar-refractivity contribution in [3.63, 3.8) is 0 Å². The Kier molecular flexibility index (Phi) is 7.44. The molecule has 0 unspecified atom stereocenters. The van der Waals surface area contributed by atoms with Crippen molar-refractivity contribution in [3.05, 3.63) is 105 Å². The average molecular weight is 523 g/mol. The normalized spacial score (nSPS) is 11.9. The molecule has 0 saturated carbocycles. The van der Waals surface area contributed by atoms with E-state index in [1.54, 1.807) is 32.1 Å². The van der Waals surface area contributed by atoms with Crippen LogP contribution in [0.3, 0.4) is 0 Å². The number of fused-ring (bicyclic) bond motifs is 1. The Hall–Kier alpha value is -4.33. The lowest BCUT2D eigenvalue weighted by Gasteiger charge is -2.15. The van der Waals surface area contributed by atoms with E-state index in [4.69, 9.17) is 13.9 Å². The van der Waals surface area contributed by atoms with E-state index in [0.29, 0.717) is 11.5 Å². The van der Waals surface area contributed by atoms with Crippen LogP contribution in [0.5, 0.6) is 17.2 Å². The summed E-state index contributed by atoms with van der Waals surface area (Å²) in [5.41, 5.74) is 1.84. The molecular weight excluding hydrogens is 497 g/mol. The fourth-order valence-electron chi connectivity index (χ4n) is 3.73. The monoisotopic (exact) mass is 522 g/mol. The number of hydrogen-bond donors (Lipinski definition) is 0. The number of carbonyl (C=O) groups excluding carboxylic acids is 1. The van der Waals surface area contributed by atoms with Crippen molar-refractivity contribution in [2.75, 3.05) is 0 Å². The van der Waals surface area contributed by atoms with E-state index < -0.39 is 34.7 Å². The van der Waals surface area contributed by atoms with Crippen LogP contribution in [0.4, 0.5) is 13.2 Å². The molecule has 196 valence electrons. The van der Waals surface area contributed by atoms with Crippen molar-refractivity contribution in [1.29, 1.82) is 0 Å². The van der Waals surface area contributed by atoms with Gasteiger partial charge in [0.1, 0.15) is 17.1 Å². The molecule has 8 heteroatoms. The molecule has 4 rings (SSSR count). The second-order valence-electron chi connectivity index (χ2n) is 9.19. The van der Waals surface area contributed by atoms with Crippen molar-refractivity contribution < 1.29 is 31.9 Å². The Balaban J connectivity index is 1.63. The lowest BCUT2D eigenvalue weighted by atomic mass is 10.0. The van der Waals surface area contributed by atoms with Crippen LogP contribution in [0.15, 0.2) is 76.0 Å². The minimum atomic E-state index is -5.01. The van der Waals surface area contributed by atoms with E-state index in [9.17, 15) is 22.8 Å². The summed E-state index contributed by atoms with van der Waals surface area (Å²) in [5.74, 6) is -2.89. The predicted octanol–water partition coefficient (Wildman–Crippen LogP) is 7.96. The Labute approximate surface area is 217 Å². The number of ether oxygens (including phenoxy) is 2. The van der Waals surface area contributed by atoms with Crippen LogP contribution in [-0.4, -0.2) is 5.97 Å². The molecule has 1 heterocycles. The first-order valence-corrected chi connectivity index (χ1v) is 11.9. The van der Waals surface area contributed by atoms with Gasteiger partial charge in [-0.1, -0.05) is 50.2 Å². The van der Waals surface area contributed by atoms with Gasteiger partial charge in [0.25, 0.3) is 5.76 Å². The van der Waals surface area contributed by atoms with Crippen molar-refractivity contribution in [2.45, 2.75) is 39.8 Å². The van der Waals surface area contributed by atoms with Crippen LogP contribution in [0, 0.1) is 13.8 Å². The molecule has 4 aromatic rings. The smallest absolute Gasteiger partial charge is 0.449 e. The lowest BCUT2D eigenvalue weighted by Crippen LogP contribution is -2.16. The Bertz CT molecular complexity index is 1580. The van der Waals surface area contributed by atoms with Crippen LogP contribution in [0.1, 0.15) is 47.8 Å². The molecule has 0 fully saturated rings. The van der Waals surface area contributed by atoms with Gasteiger partial charge in [0.15, 0.2) is 0 Å². The molecule has 0 radical (unpaired) electrons. The Morgan fingerprint density at radius 3 is 2.34 bits per heavy atom. The third-order valence-corrected chi connectivity index (χ3v) is 5.87. The van der Waals surface area contributed by atoms with Gasteiger partial charge in [0, 0.05) is 12.1 Å². The molecular formula is C30H25F3O5. The maximum Gasteiger partial charge on any atom is 0.453 e. The zero-order chi connectivity index (χ0) is 27.6. The maximum atomic E-state index is 13.9. The van der Waals surface area contributed by atoms with E-state index in [-0.39, 0.29) is 16.9 Å². The molecule has 0 spiro atoms. The highest BCUT2D eigenvalue weighted by molar-refractivity contribution is 5.89. The summed E-state index contributed by atoms with van der Waals surface area (Å²) >= 11 is 0. The van der Waals surface area contributed by atoms with Crippen molar-refractivity contribution in [2.24, 2.45) is 0 Å². The zero-order valence-electron chi connectivity index (χ0n) is 21.2. The molecule has 0 aliphatic heterocycles. The molecule has 0 saturated heterocycles. The first-order chi connectivity index (χ1) is 17.9. The molecule has 0 aliphatic rings. The minimum absolute atomic E-state index is 0.0817. The number of hydrogen-bond acceptors (Lipinski definition) is 5. The SMILES string of the molecule is Cc1ccc(C)c(Oc2c(C(F)(F)F)oc3cc(OC(=O)/C=C/c4ccc(C(C)C)cc4)ccc3c2=O)c1. The van der Waals surface area contributed by atoms with Gasteiger partial charge in [-0.3, -0.25) is 4.79 Å². The van der Waals surface area contributed by atoms with E-state index in [0.717, 1.165) is 22.8 Å². The lowest BCUT2D eigenvalue weighted by molar-refractivity contribution is -0.154. The van der Waals surface area contributed by atoms with Gasteiger partial charge in [-0.2, -0.15) is 13.2 Å². The highest BCUT2D eigenvalue weighted by Crippen LogP contribution is 2.39. The quantitative estimate of drug-likeness (QED) is 0.146. The van der Waals surface area contributed by atoms with Gasteiger partial charge < -0.3 is 13.9 Å². The fraction of sp³-hybridized carbons (Fsp3) is 0.200. The zero-order valence-corrected chi connectivity index (χ0v) is 21.2. The Morgan fingerprint density at radius 2 is 1.68 bits per heavy atom. The Morgan fingerprint density at radius 1 is 0.974 bits per heavy atom. The summed E-state index contributed by atoms with van der Waals surface area (Å²) in [5, 5.41) is -0.154. The van der Waals surface area contributed by atoms with E-state index in [2.05, 4.69) is 13.8 Å². The van der Waals surface area contributed by atoms with Gasteiger partial charge in [0.05, 0.1) is 5.39 Å². The molecule has 3 aromatic carbocycles. The van der Waals surface area contributed by atoms with E-state index in [1.807, 2.05) is 24.3 Å². The van der Waals surface area contributed by atoms with Gasteiger partial charge in [-0.05, 0) is 66.3 Å². The summed E-state index contributed by atoms with van der Waals surface area (Å²) in [4.78, 5) is 25.4. The minimum Gasteiger partial charge on any atom is -0.449 e. The van der Waals surface area contributed by atoms with Gasteiger partial charge in [0.2, 0.25) is 11.2 Å². The van der Waals surface area contributed by atoms with Gasteiger partial charge in [-0.25, -0.2) is 4.79 Å². The summed E-state index contributed by atoms with van der Waals surface area (Å²) in [6.07, 6.45) is -2.25. The molecule has 0 atom stereocenters. The number of carbonyl (C=O) groups is 1. The summed E-state index contributed by atoms with van der Waals surface area (Å²) in [6.45, 7) is 7.55. The standard InChI is InChI=1S/C30H25F3O5/c1-17(2)21-10-7-20(8-11-21)9-14-26(34)36-22-12-13-23-25(16-22)38-29(30(31,32)33)28(27(23)35)37-24-15-18(3)5-6-19(24)4/h5-17H,1-4H3/b14-9+. The number of esters is 1. The van der Waals surface area contributed by atoms with Crippen LogP contribution >= 0.6 is 0 Å². The summed E-state index contributed by atoms with van der Waals surface area (Å²) < 4.78 is 57.4. The summed E-state index contributed by atoms with van der Waals surface area (Å²) in [7, 11) is 0. The molecule has 0 amide bonds. The van der Waals surface area contributed by atoms with Crippen molar-refractivity contribution >= 4 is 23.0 Å². The first kappa shape index (κ1) is 26.7. The molecule has 1 aromatic heterocycles. The highest BCUT2D eigenvalue weighted by atomic mass is 19.4. The van der Waals surface area contributed by atoms with Crippen molar-refractivity contribution in [1.82, 2.24) is 0 Å². The molecule has 5 nitrogen and oxygen atoms in total. The largest absolute Gasteiger partial charge is 0.453 e. The number of alkyl halides is 3. The van der Waals surface area contributed by atoms with Gasteiger partial charge >= 0.3 is 12.1 Å². The molecule has 0 bridgehead atoms. The predicted molar refractivity (Wildman–Crippen MR) is 139 cm³/mol. The van der Waals surface area contributed by atoms with E-state index in [1.165, 1.54) is 24.3 Å². The van der Waals surface area contributed by atoms with E-state index >= 15 is 0 Å². The van der Waals surface area contributed by atoms with Crippen molar-refractivity contribution in [3.8, 4) is 17.2 Å². The average Bonchev–Trinajstić information content (AvgIpc) is 2.86. The number of halogens is 3. The maximum absolute atomic E-state index is 13.9. The topological polar surface area (TPSA) is 65.7 Å². The number of rotatable bonds is 6. The van der Waals surface area contributed by atoms with Gasteiger partial charge in [-0.15, -0.1) is 0 Å². The first-order valence-electron chi connectivity index (χ1n) is 11.9.